The molecular formula is C17H12Cl2N2O2. The second kappa shape index (κ2) is 6.36. The Kier molecular flexibility index (Phi) is 4.28. The minimum absolute atomic E-state index is 0.174. The number of carbonyl (C=O) groups excluding carboxylic acids is 1. The third-order valence-corrected chi connectivity index (χ3v) is 3.78. The van der Waals surface area contributed by atoms with Gasteiger partial charge in [0.05, 0.1) is 10.7 Å². The zero-order valence-corrected chi connectivity index (χ0v) is 13.4. The van der Waals surface area contributed by atoms with E-state index in [9.17, 15) is 4.79 Å². The Labute approximate surface area is 142 Å². The summed E-state index contributed by atoms with van der Waals surface area (Å²) < 4.78 is 5.58. The number of hydrogen-bond acceptors (Lipinski definition) is 3. The van der Waals surface area contributed by atoms with Crippen molar-refractivity contribution in [1.29, 1.82) is 0 Å². The van der Waals surface area contributed by atoms with Crippen molar-refractivity contribution in [1.82, 2.24) is 0 Å². The molecule has 4 nitrogen and oxygen atoms in total. The predicted octanol–water partition coefficient (Wildman–Crippen LogP) is 5.09. The van der Waals surface area contributed by atoms with Gasteiger partial charge in [0.15, 0.2) is 5.76 Å². The van der Waals surface area contributed by atoms with Crippen LogP contribution in [0, 0.1) is 0 Å². The van der Waals surface area contributed by atoms with Crippen LogP contribution < -0.4 is 11.1 Å². The number of nitrogen functional groups attached to an aromatic ring is 1. The van der Waals surface area contributed by atoms with Crippen molar-refractivity contribution < 1.29 is 9.21 Å². The van der Waals surface area contributed by atoms with Crippen molar-refractivity contribution in [2.45, 2.75) is 0 Å². The molecule has 0 unspecified atom stereocenters. The predicted molar refractivity (Wildman–Crippen MR) is 93.0 cm³/mol. The summed E-state index contributed by atoms with van der Waals surface area (Å²) in [6.07, 6.45) is 0. The van der Waals surface area contributed by atoms with Gasteiger partial charge in [-0.3, -0.25) is 4.79 Å². The van der Waals surface area contributed by atoms with Crippen molar-refractivity contribution in [3.05, 3.63) is 70.4 Å². The van der Waals surface area contributed by atoms with Crippen LogP contribution in [0.2, 0.25) is 10.0 Å². The molecule has 3 aromatic rings. The van der Waals surface area contributed by atoms with E-state index in [0.29, 0.717) is 27.2 Å². The van der Waals surface area contributed by atoms with Gasteiger partial charge in [-0.1, -0.05) is 23.2 Å². The minimum Gasteiger partial charge on any atom is -0.451 e. The van der Waals surface area contributed by atoms with Gasteiger partial charge in [0.25, 0.3) is 5.91 Å². The fraction of sp³-hybridized carbons (Fsp3) is 0. The Morgan fingerprint density at radius 1 is 1.00 bits per heavy atom. The van der Waals surface area contributed by atoms with E-state index in [4.69, 9.17) is 33.4 Å². The van der Waals surface area contributed by atoms with Crippen LogP contribution in [0.3, 0.4) is 0 Å². The van der Waals surface area contributed by atoms with Crippen molar-refractivity contribution >= 4 is 40.5 Å². The second-order valence-corrected chi connectivity index (χ2v) is 5.71. The van der Waals surface area contributed by atoms with Crippen LogP contribution >= 0.6 is 23.2 Å². The highest BCUT2D eigenvalue weighted by molar-refractivity contribution is 6.34. The van der Waals surface area contributed by atoms with Gasteiger partial charge >= 0.3 is 0 Å². The summed E-state index contributed by atoms with van der Waals surface area (Å²) in [5.41, 5.74) is 7.46. The number of benzene rings is 2. The second-order valence-electron chi connectivity index (χ2n) is 4.86. The lowest BCUT2D eigenvalue weighted by Crippen LogP contribution is -2.11. The van der Waals surface area contributed by atoms with Gasteiger partial charge in [-0.2, -0.15) is 0 Å². The van der Waals surface area contributed by atoms with Gasteiger partial charge in [-0.15, -0.1) is 0 Å². The summed E-state index contributed by atoms with van der Waals surface area (Å²) in [6.45, 7) is 0. The summed E-state index contributed by atoms with van der Waals surface area (Å²) in [4.78, 5) is 12.3. The number of nitrogens with one attached hydrogen (secondary N) is 1. The van der Waals surface area contributed by atoms with Crippen molar-refractivity contribution in [3.63, 3.8) is 0 Å². The lowest BCUT2D eigenvalue weighted by atomic mass is 10.2. The number of furan rings is 1. The Hall–Kier alpha value is -2.43. The summed E-state index contributed by atoms with van der Waals surface area (Å²) in [7, 11) is 0. The van der Waals surface area contributed by atoms with Crippen LogP contribution in [0.5, 0.6) is 0 Å². The number of halogens is 2. The van der Waals surface area contributed by atoms with Gasteiger partial charge < -0.3 is 15.5 Å². The van der Waals surface area contributed by atoms with Crippen LogP contribution in [0.15, 0.2) is 59.0 Å². The van der Waals surface area contributed by atoms with E-state index in [-0.39, 0.29) is 5.76 Å². The lowest BCUT2D eigenvalue weighted by molar-refractivity contribution is 0.0997. The molecule has 116 valence electrons. The van der Waals surface area contributed by atoms with E-state index in [1.54, 1.807) is 42.5 Å². The SMILES string of the molecule is Nc1ccc(Cl)c(NC(=O)c2ccc(-c3ccc(Cl)cc3)o2)c1. The highest BCUT2D eigenvalue weighted by Gasteiger charge is 2.14. The summed E-state index contributed by atoms with van der Waals surface area (Å²) in [5, 5.41) is 3.71. The Bertz CT molecular complexity index is 857. The average molecular weight is 347 g/mol. The Morgan fingerprint density at radius 2 is 1.74 bits per heavy atom. The molecule has 0 radical (unpaired) electrons. The van der Waals surface area contributed by atoms with Crippen molar-refractivity contribution in [2.24, 2.45) is 0 Å². The number of amides is 1. The Balaban J connectivity index is 1.81. The van der Waals surface area contributed by atoms with Crippen LogP contribution in [-0.4, -0.2) is 5.91 Å². The van der Waals surface area contributed by atoms with Gasteiger partial charge in [-0.25, -0.2) is 0 Å². The molecule has 0 aliphatic heterocycles. The monoisotopic (exact) mass is 346 g/mol. The average Bonchev–Trinajstić information content (AvgIpc) is 3.02. The fourth-order valence-corrected chi connectivity index (χ4v) is 2.34. The molecule has 0 fully saturated rings. The number of nitrogens with two attached hydrogens (primary N) is 1. The highest BCUT2D eigenvalue weighted by atomic mass is 35.5. The van der Waals surface area contributed by atoms with E-state index >= 15 is 0 Å². The third kappa shape index (κ3) is 3.50. The van der Waals surface area contributed by atoms with Crippen molar-refractivity contribution in [2.75, 3.05) is 11.1 Å². The van der Waals surface area contributed by atoms with Crippen molar-refractivity contribution in [3.8, 4) is 11.3 Å². The molecule has 0 saturated carbocycles. The van der Waals surface area contributed by atoms with Crippen LogP contribution in [-0.2, 0) is 0 Å². The molecule has 0 atom stereocenters. The molecule has 6 heteroatoms. The van der Waals surface area contributed by atoms with E-state index in [2.05, 4.69) is 5.32 Å². The molecule has 0 bridgehead atoms. The van der Waals surface area contributed by atoms with E-state index in [1.165, 1.54) is 0 Å². The first-order chi connectivity index (χ1) is 11.0. The van der Waals surface area contributed by atoms with Gasteiger partial charge in [0, 0.05) is 16.3 Å². The molecule has 0 spiro atoms. The molecule has 2 aromatic carbocycles. The molecule has 1 heterocycles. The zero-order valence-electron chi connectivity index (χ0n) is 11.8. The molecule has 0 aliphatic carbocycles. The first kappa shape index (κ1) is 15.5. The maximum absolute atomic E-state index is 12.3. The quantitative estimate of drug-likeness (QED) is 0.649. The molecule has 1 amide bonds. The van der Waals surface area contributed by atoms with Gasteiger partial charge in [0.2, 0.25) is 0 Å². The summed E-state index contributed by atoms with van der Waals surface area (Å²) in [5.74, 6) is 0.344. The normalized spacial score (nSPS) is 10.5. The molecular weight excluding hydrogens is 335 g/mol. The van der Waals surface area contributed by atoms with E-state index in [0.717, 1.165) is 5.56 Å². The zero-order chi connectivity index (χ0) is 16.4. The molecule has 23 heavy (non-hydrogen) atoms. The highest BCUT2D eigenvalue weighted by Crippen LogP contribution is 2.27. The standard InChI is InChI=1S/C17H12Cl2N2O2/c18-11-3-1-10(2-4-11)15-7-8-16(23-15)17(22)21-14-9-12(20)5-6-13(14)19/h1-9H,20H2,(H,21,22). The summed E-state index contributed by atoms with van der Waals surface area (Å²) in [6, 6.07) is 15.3. The van der Waals surface area contributed by atoms with Crippen LogP contribution in [0.1, 0.15) is 10.6 Å². The van der Waals surface area contributed by atoms with Gasteiger partial charge in [-0.05, 0) is 54.6 Å². The van der Waals surface area contributed by atoms with Crippen LogP contribution in [0.4, 0.5) is 11.4 Å². The molecule has 0 aliphatic rings. The third-order valence-electron chi connectivity index (χ3n) is 3.20. The number of hydrogen-bond donors (Lipinski definition) is 2. The smallest absolute Gasteiger partial charge is 0.291 e. The molecule has 3 N–H and O–H groups in total. The van der Waals surface area contributed by atoms with Gasteiger partial charge in [0.1, 0.15) is 5.76 Å². The molecule has 0 saturated heterocycles. The number of rotatable bonds is 3. The molecule has 3 rings (SSSR count). The topological polar surface area (TPSA) is 68.3 Å². The Morgan fingerprint density at radius 3 is 2.48 bits per heavy atom. The first-order valence-corrected chi connectivity index (χ1v) is 7.51. The number of carbonyl (C=O) groups is 1. The minimum atomic E-state index is -0.405. The maximum Gasteiger partial charge on any atom is 0.291 e. The maximum atomic E-state index is 12.3. The molecule has 1 aromatic heterocycles. The van der Waals surface area contributed by atoms with E-state index < -0.39 is 5.91 Å². The largest absolute Gasteiger partial charge is 0.451 e. The lowest BCUT2D eigenvalue weighted by Gasteiger charge is -2.06. The first-order valence-electron chi connectivity index (χ1n) is 6.75. The summed E-state index contributed by atoms with van der Waals surface area (Å²) >= 11 is 11.9. The van der Waals surface area contributed by atoms with Crippen LogP contribution in [0.25, 0.3) is 11.3 Å². The fourth-order valence-electron chi connectivity index (χ4n) is 2.05. The number of anilines is 2. The van der Waals surface area contributed by atoms with E-state index in [1.807, 2.05) is 12.1 Å².